The lowest BCUT2D eigenvalue weighted by Crippen LogP contribution is -2.56. The number of rotatable bonds is 4. The number of likely N-dealkylation sites (tertiary alicyclic amines) is 1. The van der Waals surface area contributed by atoms with Crippen molar-refractivity contribution in [3.8, 4) is 0 Å². The summed E-state index contributed by atoms with van der Waals surface area (Å²) in [5, 5.41) is 1.22. The van der Waals surface area contributed by atoms with E-state index in [1.165, 1.54) is 10.9 Å². The van der Waals surface area contributed by atoms with Gasteiger partial charge in [-0.15, -0.1) is 0 Å². The molecule has 4 rings (SSSR count). The van der Waals surface area contributed by atoms with Crippen molar-refractivity contribution in [2.24, 2.45) is 0 Å². The van der Waals surface area contributed by atoms with E-state index in [0.717, 1.165) is 57.3 Å². The third-order valence-electron chi connectivity index (χ3n) is 6.12. The summed E-state index contributed by atoms with van der Waals surface area (Å²) in [6.07, 6.45) is 7.42. The van der Waals surface area contributed by atoms with Gasteiger partial charge in [0.2, 0.25) is 5.91 Å². The predicted molar refractivity (Wildman–Crippen MR) is 101 cm³/mol. The highest BCUT2D eigenvalue weighted by atomic mass is 16.5. The molecule has 1 aromatic carbocycles. The van der Waals surface area contributed by atoms with E-state index in [9.17, 15) is 4.79 Å². The summed E-state index contributed by atoms with van der Waals surface area (Å²) >= 11 is 0. The molecule has 5 nitrogen and oxygen atoms in total. The van der Waals surface area contributed by atoms with Gasteiger partial charge in [0.1, 0.15) is 0 Å². The molecule has 1 amide bonds. The molecule has 0 saturated carbocycles. The van der Waals surface area contributed by atoms with E-state index in [1.54, 1.807) is 7.11 Å². The number of aromatic nitrogens is 1. The van der Waals surface area contributed by atoms with E-state index >= 15 is 0 Å². The van der Waals surface area contributed by atoms with Crippen molar-refractivity contribution in [3.63, 3.8) is 0 Å². The maximum atomic E-state index is 12.7. The first-order valence-electron chi connectivity index (χ1n) is 9.71. The predicted octanol–water partition coefficient (Wildman–Crippen LogP) is 3.29. The molecule has 2 aliphatic rings. The molecular formula is C21H28N2O3. The van der Waals surface area contributed by atoms with Crippen LogP contribution in [-0.2, 0) is 20.7 Å². The van der Waals surface area contributed by atoms with Crippen molar-refractivity contribution in [3.05, 3.63) is 36.0 Å². The van der Waals surface area contributed by atoms with E-state index in [0.29, 0.717) is 6.42 Å². The van der Waals surface area contributed by atoms with Gasteiger partial charge in [-0.1, -0.05) is 18.2 Å². The molecule has 5 heteroatoms. The Morgan fingerprint density at radius 1 is 1.35 bits per heavy atom. The molecule has 0 radical (unpaired) electrons. The molecule has 0 bridgehead atoms. The molecule has 0 unspecified atom stereocenters. The molecule has 26 heavy (non-hydrogen) atoms. The van der Waals surface area contributed by atoms with Crippen molar-refractivity contribution < 1.29 is 14.3 Å². The zero-order chi connectivity index (χ0) is 18.0. The van der Waals surface area contributed by atoms with E-state index in [4.69, 9.17) is 9.47 Å². The number of amides is 1. The van der Waals surface area contributed by atoms with Crippen LogP contribution in [0.15, 0.2) is 30.5 Å². The number of para-hydroxylation sites is 1. The van der Waals surface area contributed by atoms with Crippen molar-refractivity contribution in [1.82, 2.24) is 9.88 Å². The van der Waals surface area contributed by atoms with Gasteiger partial charge in [0.05, 0.1) is 11.7 Å². The van der Waals surface area contributed by atoms with Crippen molar-refractivity contribution in [1.29, 1.82) is 0 Å². The number of methoxy groups -OCH3 is 1. The fourth-order valence-corrected chi connectivity index (χ4v) is 4.57. The molecule has 2 fully saturated rings. The summed E-state index contributed by atoms with van der Waals surface area (Å²) in [7, 11) is 1.78. The maximum Gasteiger partial charge on any atom is 0.222 e. The quantitative estimate of drug-likeness (QED) is 0.915. The Morgan fingerprint density at radius 2 is 2.15 bits per heavy atom. The van der Waals surface area contributed by atoms with Gasteiger partial charge in [-0.05, 0) is 43.7 Å². The lowest BCUT2D eigenvalue weighted by atomic mass is 9.81. The molecule has 1 N–H and O–H groups in total. The average molecular weight is 356 g/mol. The maximum absolute atomic E-state index is 12.7. The second kappa shape index (κ2) is 7.41. The number of carbonyl (C=O) groups excluding carboxylic acids is 1. The number of aryl methyl sites for hydroxylation is 1. The van der Waals surface area contributed by atoms with Crippen molar-refractivity contribution in [2.45, 2.75) is 50.2 Å². The smallest absolute Gasteiger partial charge is 0.222 e. The van der Waals surface area contributed by atoms with E-state index < -0.39 is 0 Å². The number of carbonyl (C=O) groups is 1. The number of hydrogen-bond acceptors (Lipinski definition) is 3. The SMILES string of the molecule is CO[C@@H]1CCCOC12CCN(C(=O)CCc1c[nH]c3ccccc13)CC2. The highest BCUT2D eigenvalue weighted by Gasteiger charge is 2.45. The monoisotopic (exact) mass is 356 g/mol. The summed E-state index contributed by atoms with van der Waals surface area (Å²) in [6.45, 7) is 2.35. The highest BCUT2D eigenvalue weighted by molar-refractivity contribution is 5.84. The first-order chi connectivity index (χ1) is 12.7. The van der Waals surface area contributed by atoms with Crippen LogP contribution in [0.3, 0.4) is 0 Å². The number of aromatic amines is 1. The number of benzene rings is 1. The van der Waals surface area contributed by atoms with Crippen molar-refractivity contribution in [2.75, 3.05) is 26.8 Å². The van der Waals surface area contributed by atoms with Crippen LogP contribution in [0.25, 0.3) is 10.9 Å². The van der Waals surface area contributed by atoms with Crippen LogP contribution in [0.1, 0.15) is 37.7 Å². The van der Waals surface area contributed by atoms with Crippen LogP contribution in [0.5, 0.6) is 0 Å². The molecule has 1 aromatic heterocycles. The molecule has 140 valence electrons. The Kier molecular flexibility index (Phi) is 5.00. The second-order valence-electron chi connectivity index (χ2n) is 7.52. The van der Waals surface area contributed by atoms with Crippen LogP contribution in [0, 0.1) is 0 Å². The topological polar surface area (TPSA) is 54.6 Å². The van der Waals surface area contributed by atoms with Gasteiger partial charge in [-0.25, -0.2) is 0 Å². The molecular weight excluding hydrogens is 328 g/mol. The van der Waals surface area contributed by atoms with Gasteiger partial charge in [-0.3, -0.25) is 4.79 Å². The van der Waals surface area contributed by atoms with Crippen LogP contribution >= 0.6 is 0 Å². The van der Waals surface area contributed by atoms with Crippen LogP contribution in [-0.4, -0.2) is 54.3 Å². The summed E-state index contributed by atoms with van der Waals surface area (Å²) < 4.78 is 11.8. The minimum atomic E-state index is -0.180. The summed E-state index contributed by atoms with van der Waals surface area (Å²) in [6, 6.07) is 8.25. The minimum absolute atomic E-state index is 0.166. The molecule has 3 heterocycles. The Morgan fingerprint density at radius 3 is 2.96 bits per heavy atom. The van der Waals surface area contributed by atoms with Gasteiger partial charge >= 0.3 is 0 Å². The Labute approximate surface area is 154 Å². The molecule has 2 aliphatic heterocycles. The van der Waals surface area contributed by atoms with E-state index in [1.807, 2.05) is 23.2 Å². The summed E-state index contributed by atoms with van der Waals surface area (Å²) in [5.41, 5.74) is 2.17. The Balaban J connectivity index is 1.34. The van der Waals surface area contributed by atoms with Gasteiger partial charge in [-0.2, -0.15) is 0 Å². The molecule has 2 saturated heterocycles. The number of H-pyrrole nitrogens is 1. The zero-order valence-corrected chi connectivity index (χ0v) is 15.5. The third-order valence-corrected chi connectivity index (χ3v) is 6.12. The lowest BCUT2D eigenvalue weighted by Gasteiger charge is -2.48. The van der Waals surface area contributed by atoms with Crippen molar-refractivity contribution >= 4 is 16.8 Å². The van der Waals surface area contributed by atoms with Crippen LogP contribution in [0.2, 0.25) is 0 Å². The third kappa shape index (κ3) is 3.26. The normalized spacial score (nSPS) is 22.8. The molecule has 0 aliphatic carbocycles. The second-order valence-corrected chi connectivity index (χ2v) is 7.52. The van der Waals surface area contributed by atoms with Gasteiger partial charge in [0.25, 0.3) is 0 Å². The largest absolute Gasteiger partial charge is 0.378 e. The van der Waals surface area contributed by atoms with Crippen LogP contribution in [0.4, 0.5) is 0 Å². The molecule has 2 aromatic rings. The zero-order valence-electron chi connectivity index (χ0n) is 15.5. The van der Waals surface area contributed by atoms with E-state index in [2.05, 4.69) is 17.1 Å². The van der Waals surface area contributed by atoms with Gasteiger partial charge < -0.3 is 19.4 Å². The number of hydrogen-bond donors (Lipinski definition) is 1. The first kappa shape index (κ1) is 17.6. The fraction of sp³-hybridized carbons (Fsp3) is 0.571. The fourth-order valence-electron chi connectivity index (χ4n) is 4.57. The number of ether oxygens (including phenoxy) is 2. The van der Waals surface area contributed by atoms with E-state index in [-0.39, 0.29) is 17.6 Å². The first-order valence-corrected chi connectivity index (χ1v) is 9.71. The lowest BCUT2D eigenvalue weighted by molar-refractivity contribution is -0.188. The summed E-state index contributed by atoms with van der Waals surface area (Å²) in [5.74, 6) is 0.245. The number of nitrogens with zero attached hydrogens (tertiary/aromatic N) is 1. The number of piperidine rings is 1. The highest BCUT2D eigenvalue weighted by Crippen LogP contribution is 2.37. The minimum Gasteiger partial charge on any atom is -0.378 e. The van der Waals surface area contributed by atoms with Gasteiger partial charge in [0.15, 0.2) is 0 Å². The molecule has 1 spiro atoms. The van der Waals surface area contributed by atoms with Crippen LogP contribution < -0.4 is 0 Å². The standard InChI is InChI=1S/C21H28N2O3/c1-25-19-7-4-14-26-21(19)10-12-23(13-11-21)20(24)9-8-16-15-22-18-6-3-2-5-17(16)18/h2-3,5-6,15,19,22H,4,7-14H2,1H3/t19-/m1/s1. The Hall–Kier alpha value is -1.85. The average Bonchev–Trinajstić information content (AvgIpc) is 3.10. The molecule has 1 atom stereocenters. The van der Waals surface area contributed by atoms with Gasteiger partial charge in [0, 0.05) is 50.3 Å². The Bertz CT molecular complexity index is 761. The number of fused-ring (bicyclic) bond motifs is 1. The number of nitrogens with one attached hydrogen (secondary N) is 1. The summed E-state index contributed by atoms with van der Waals surface area (Å²) in [4.78, 5) is 18.0.